The van der Waals surface area contributed by atoms with Gasteiger partial charge in [-0.1, -0.05) is 6.07 Å². The molecule has 13 heavy (non-hydrogen) atoms. The molecule has 2 aromatic rings. The second kappa shape index (κ2) is 4.05. The van der Waals surface area contributed by atoms with Gasteiger partial charge in [-0.3, -0.25) is 0 Å². The molecule has 0 aliphatic heterocycles. The van der Waals surface area contributed by atoms with Crippen LogP contribution in [0, 0.1) is 0 Å². The van der Waals surface area contributed by atoms with Gasteiger partial charge in [0.05, 0.1) is 6.54 Å². The summed E-state index contributed by atoms with van der Waals surface area (Å²) in [5.41, 5.74) is 3.86. The summed E-state index contributed by atoms with van der Waals surface area (Å²) in [7, 11) is 0. The van der Waals surface area contributed by atoms with Crippen LogP contribution in [0.5, 0.6) is 0 Å². The third kappa shape index (κ3) is 1.99. The Bertz CT molecular complexity index is 362. The molecule has 3 N–H and O–H groups in total. The Morgan fingerprint density at radius 1 is 1.15 bits per heavy atom. The van der Waals surface area contributed by atoms with Crippen molar-refractivity contribution in [3.05, 3.63) is 34.5 Å². The summed E-state index contributed by atoms with van der Waals surface area (Å²) in [5, 5.41) is 2.12. The third-order valence-electron chi connectivity index (χ3n) is 1.85. The molecule has 0 saturated heterocycles. The van der Waals surface area contributed by atoms with Crippen molar-refractivity contribution in [2.24, 2.45) is 0 Å². The highest BCUT2D eigenvalue weighted by molar-refractivity contribution is 7.21. The van der Waals surface area contributed by atoms with E-state index in [1.54, 1.807) is 11.3 Å². The molecule has 2 heterocycles. The van der Waals surface area contributed by atoms with Gasteiger partial charge in [0.2, 0.25) is 0 Å². The molecule has 0 aliphatic rings. The largest absolute Gasteiger partial charge is 0.357 e. The zero-order valence-electron chi connectivity index (χ0n) is 7.32. The minimum absolute atomic E-state index is 0.990. The molecule has 2 aromatic heterocycles. The van der Waals surface area contributed by atoms with Crippen molar-refractivity contribution >= 4 is 22.7 Å². The summed E-state index contributed by atoms with van der Waals surface area (Å²) in [6, 6.07) is 8.69. The zero-order chi connectivity index (χ0) is 9.10. The molecule has 0 amide bonds. The molecule has 0 aromatic carbocycles. The van der Waals surface area contributed by atoms with Gasteiger partial charge in [-0.05, 0) is 23.6 Å². The van der Waals surface area contributed by atoms with Crippen molar-refractivity contribution in [1.82, 2.24) is 0 Å². The van der Waals surface area contributed by atoms with Gasteiger partial charge in [-0.25, -0.2) is 0 Å². The summed E-state index contributed by atoms with van der Waals surface area (Å²) >= 11 is 3.69. The van der Waals surface area contributed by atoms with E-state index in [1.165, 1.54) is 14.6 Å². The number of thiophene rings is 2. The Kier molecular flexibility index (Phi) is 2.78. The number of hydrogen-bond donors (Lipinski definition) is 1. The summed E-state index contributed by atoms with van der Waals surface area (Å²) in [4.78, 5) is 4.21. The second-order valence-electron chi connectivity index (χ2n) is 2.85. The first-order valence-electron chi connectivity index (χ1n) is 4.32. The van der Waals surface area contributed by atoms with Crippen LogP contribution >= 0.6 is 22.7 Å². The van der Waals surface area contributed by atoms with E-state index in [0.717, 1.165) is 13.0 Å². The monoisotopic (exact) mass is 210 g/mol. The fourth-order valence-corrected chi connectivity index (χ4v) is 3.12. The van der Waals surface area contributed by atoms with Crippen LogP contribution in [0.4, 0.5) is 0 Å². The second-order valence-corrected chi connectivity index (χ2v) is 4.96. The van der Waals surface area contributed by atoms with Crippen molar-refractivity contribution in [3.63, 3.8) is 0 Å². The molecule has 0 bridgehead atoms. The lowest BCUT2D eigenvalue weighted by Gasteiger charge is -1.89. The lowest BCUT2D eigenvalue weighted by molar-refractivity contribution is -0.366. The van der Waals surface area contributed by atoms with Crippen LogP contribution in [0.25, 0.3) is 9.75 Å². The molecule has 0 saturated carbocycles. The molecule has 2 rings (SSSR count). The molecule has 1 nitrogen and oxygen atoms in total. The molecule has 0 atom stereocenters. The molecular formula is C10H12NS2+. The van der Waals surface area contributed by atoms with E-state index in [0.29, 0.717) is 0 Å². The lowest BCUT2D eigenvalue weighted by atomic mass is 10.3. The fourth-order valence-electron chi connectivity index (χ4n) is 1.24. The van der Waals surface area contributed by atoms with Crippen LogP contribution in [-0.4, -0.2) is 6.54 Å². The Hall–Kier alpha value is -0.640. The summed E-state index contributed by atoms with van der Waals surface area (Å²) in [6.45, 7) is 0.990. The van der Waals surface area contributed by atoms with Crippen LogP contribution in [0.2, 0.25) is 0 Å². The molecule has 0 unspecified atom stereocenters. The van der Waals surface area contributed by atoms with Gasteiger partial charge in [0, 0.05) is 21.1 Å². The van der Waals surface area contributed by atoms with Crippen LogP contribution in [0.3, 0.4) is 0 Å². The van der Waals surface area contributed by atoms with Crippen molar-refractivity contribution in [2.45, 2.75) is 6.42 Å². The maximum atomic E-state index is 3.86. The van der Waals surface area contributed by atoms with E-state index in [2.05, 4.69) is 35.4 Å². The van der Waals surface area contributed by atoms with Crippen LogP contribution in [0.1, 0.15) is 4.88 Å². The Morgan fingerprint density at radius 3 is 2.77 bits per heavy atom. The molecule has 3 heteroatoms. The zero-order valence-corrected chi connectivity index (χ0v) is 8.96. The van der Waals surface area contributed by atoms with Gasteiger partial charge in [-0.2, -0.15) is 0 Å². The molecule has 0 spiro atoms. The SMILES string of the molecule is [NH3+]CCc1ccc(-c2cccs2)s1. The molecular weight excluding hydrogens is 198 g/mol. The first-order valence-corrected chi connectivity index (χ1v) is 6.01. The van der Waals surface area contributed by atoms with Gasteiger partial charge in [-0.15, -0.1) is 22.7 Å². The highest BCUT2D eigenvalue weighted by Crippen LogP contribution is 2.31. The van der Waals surface area contributed by atoms with Crippen LogP contribution in [-0.2, 0) is 6.42 Å². The lowest BCUT2D eigenvalue weighted by Crippen LogP contribution is -2.51. The number of rotatable bonds is 3. The third-order valence-corrected chi connectivity index (χ3v) is 4.06. The van der Waals surface area contributed by atoms with Crippen molar-refractivity contribution in [2.75, 3.05) is 6.54 Å². The van der Waals surface area contributed by atoms with Crippen LogP contribution in [0.15, 0.2) is 29.6 Å². The minimum Gasteiger partial charge on any atom is -0.357 e. The number of hydrogen-bond acceptors (Lipinski definition) is 2. The molecule has 0 fully saturated rings. The summed E-state index contributed by atoms with van der Waals surface area (Å²) < 4.78 is 0. The van der Waals surface area contributed by atoms with E-state index in [9.17, 15) is 0 Å². The van der Waals surface area contributed by atoms with Gasteiger partial charge in [0.25, 0.3) is 0 Å². The topological polar surface area (TPSA) is 27.6 Å². The van der Waals surface area contributed by atoms with Gasteiger partial charge >= 0.3 is 0 Å². The van der Waals surface area contributed by atoms with Crippen molar-refractivity contribution in [1.29, 1.82) is 0 Å². The average molecular weight is 210 g/mol. The van der Waals surface area contributed by atoms with Crippen LogP contribution < -0.4 is 5.73 Å². The Labute approximate surface area is 85.8 Å². The van der Waals surface area contributed by atoms with Gasteiger partial charge < -0.3 is 5.73 Å². The Morgan fingerprint density at radius 2 is 2.08 bits per heavy atom. The maximum absolute atomic E-state index is 3.86. The average Bonchev–Trinajstić information content (AvgIpc) is 2.70. The highest BCUT2D eigenvalue weighted by atomic mass is 32.1. The molecule has 0 radical (unpaired) electrons. The Balaban J connectivity index is 2.23. The smallest absolute Gasteiger partial charge is 0.0788 e. The standard InChI is InChI=1S/C10H11NS2/c11-6-5-8-3-4-10(13-8)9-2-1-7-12-9/h1-4,7H,5-6,11H2/p+1. The van der Waals surface area contributed by atoms with E-state index in [4.69, 9.17) is 0 Å². The summed E-state index contributed by atoms with van der Waals surface area (Å²) in [5.74, 6) is 0. The highest BCUT2D eigenvalue weighted by Gasteiger charge is 2.02. The minimum atomic E-state index is 0.990. The predicted octanol–water partition coefficient (Wildman–Crippen LogP) is 2.26. The molecule has 0 aliphatic carbocycles. The van der Waals surface area contributed by atoms with Crippen molar-refractivity contribution in [3.8, 4) is 9.75 Å². The maximum Gasteiger partial charge on any atom is 0.0788 e. The first-order chi connectivity index (χ1) is 6.40. The number of quaternary nitrogens is 1. The van der Waals surface area contributed by atoms with Gasteiger partial charge in [0.1, 0.15) is 0 Å². The van der Waals surface area contributed by atoms with E-state index in [1.807, 2.05) is 11.3 Å². The normalized spacial score (nSPS) is 10.5. The predicted molar refractivity (Wildman–Crippen MR) is 59.1 cm³/mol. The van der Waals surface area contributed by atoms with E-state index < -0.39 is 0 Å². The fraction of sp³-hybridized carbons (Fsp3) is 0.200. The quantitative estimate of drug-likeness (QED) is 0.805. The van der Waals surface area contributed by atoms with Crippen molar-refractivity contribution < 1.29 is 5.73 Å². The summed E-state index contributed by atoms with van der Waals surface area (Å²) in [6.07, 6.45) is 1.11. The van der Waals surface area contributed by atoms with E-state index in [-0.39, 0.29) is 0 Å². The van der Waals surface area contributed by atoms with E-state index >= 15 is 0 Å². The first kappa shape index (κ1) is 8.94. The van der Waals surface area contributed by atoms with Gasteiger partial charge in [0.15, 0.2) is 0 Å². The molecule has 68 valence electrons.